The standard InChI is InChI=1S/C14H10BrF3N4O/c1-13(23,14(16,17)18)8-2-3-12-20-5-10(22(12)7-8)9-4-19-6-11(15)21-9/h2-7,23H,1H3. The Labute approximate surface area is 137 Å². The fraction of sp³-hybridized carbons (Fsp3) is 0.214. The summed E-state index contributed by atoms with van der Waals surface area (Å²) in [6, 6.07) is 2.61. The van der Waals surface area contributed by atoms with Crippen LogP contribution in [-0.4, -0.2) is 30.6 Å². The zero-order valence-electron chi connectivity index (χ0n) is 11.7. The molecule has 1 atom stereocenters. The summed E-state index contributed by atoms with van der Waals surface area (Å²) in [7, 11) is 0. The quantitative estimate of drug-likeness (QED) is 0.733. The van der Waals surface area contributed by atoms with Crippen LogP contribution in [0, 0.1) is 0 Å². The van der Waals surface area contributed by atoms with Gasteiger partial charge in [0.2, 0.25) is 0 Å². The molecular weight excluding hydrogens is 377 g/mol. The smallest absolute Gasteiger partial charge is 0.376 e. The number of pyridine rings is 1. The molecule has 5 nitrogen and oxygen atoms in total. The average molecular weight is 387 g/mol. The van der Waals surface area contributed by atoms with Crippen molar-refractivity contribution in [3.05, 3.63) is 47.1 Å². The van der Waals surface area contributed by atoms with Crippen LogP contribution in [0.3, 0.4) is 0 Å². The summed E-state index contributed by atoms with van der Waals surface area (Å²) < 4.78 is 41.0. The molecule has 0 bridgehead atoms. The normalized spacial score (nSPS) is 14.9. The number of imidazole rings is 1. The molecule has 3 heterocycles. The molecule has 0 radical (unpaired) electrons. The SMILES string of the molecule is CC(O)(c1ccc2ncc(-c3cncc(Br)n3)n2c1)C(F)(F)F. The summed E-state index contributed by atoms with van der Waals surface area (Å²) >= 11 is 3.19. The Kier molecular flexibility index (Phi) is 3.64. The van der Waals surface area contributed by atoms with E-state index in [1.165, 1.54) is 41.3 Å². The summed E-state index contributed by atoms with van der Waals surface area (Å²) in [6.45, 7) is 0.712. The van der Waals surface area contributed by atoms with Crippen LogP contribution in [0.1, 0.15) is 12.5 Å². The first kappa shape index (κ1) is 15.9. The lowest BCUT2D eigenvalue weighted by atomic mass is 9.97. The molecular formula is C14H10BrF3N4O. The highest BCUT2D eigenvalue weighted by Gasteiger charge is 2.51. The van der Waals surface area contributed by atoms with E-state index in [0.29, 0.717) is 28.6 Å². The third-order valence-corrected chi connectivity index (χ3v) is 3.87. The van der Waals surface area contributed by atoms with Gasteiger partial charge in [0, 0.05) is 11.8 Å². The number of nitrogens with zero attached hydrogens (tertiary/aromatic N) is 4. The molecule has 0 fully saturated rings. The summed E-state index contributed by atoms with van der Waals surface area (Å²) in [5, 5.41) is 9.83. The Balaban J connectivity index is 2.18. The van der Waals surface area contributed by atoms with Gasteiger partial charge >= 0.3 is 6.18 Å². The van der Waals surface area contributed by atoms with Gasteiger partial charge in [0.1, 0.15) is 15.9 Å². The molecule has 0 aliphatic heterocycles. The molecule has 0 spiro atoms. The van der Waals surface area contributed by atoms with Crippen LogP contribution in [0.5, 0.6) is 0 Å². The monoisotopic (exact) mass is 386 g/mol. The zero-order valence-corrected chi connectivity index (χ0v) is 13.3. The average Bonchev–Trinajstić information content (AvgIpc) is 2.89. The Morgan fingerprint density at radius 1 is 1.17 bits per heavy atom. The first-order valence-electron chi connectivity index (χ1n) is 6.45. The minimum atomic E-state index is -4.79. The number of hydrogen-bond donors (Lipinski definition) is 1. The van der Waals surface area contributed by atoms with Crippen LogP contribution in [0.4, 0.5) is 13.2 Å². The van der Waals surface area contributed by atoms with E-state index in [-0.39, 0.29) is 5.56 Å². The topological polar surface area (TPSA) is 63.3 Å². The van der Waals surface area contributed by atoms with Crippen molar-refractivity contribution in [1.82, 2.24) is 19.4 Å². The lowest BCUT2D eigenvalue weighted by Gasteiger charge is -2.26. The Morgan fingerprint density at radius 3 is 2.57 bits per heavy atom. The van der Waals surface area contributed by atoms with Gasteiger partial charge in [-0.2, -0.15) is 13.2 Å². The van der Waals surface area contributed by atoms with Gasteiger partial charge in [0.25, 0.3) is 0 Å². The van der Waals surface area contributed by atoms with Gasteiger partial charge in [-0.1, -0.05) is 6.07 Å². The van der Waals surface area contributed by atoms with Crippen molar-refractivity contribution < 1.29 is 18.3 Å². The van der Waals surface area contributed by atoms with Crippen molar-refractivity contribution in [3.8, 4) is 11.4 Å². The molecule has 0 amide bonds. The molecule has 0 aliphatic rings. The van der Waals surface area contributed by atoms with Gasteiger partial charge in [-0.3, -0.25) is 9.38 Å². The molecule has 9 heteroatoms. The van der Waals surface area contributed by atoms with E-state index in [2.05, 4.69) is 30.9 Å². The van der Waals surface area contributed by atoms with Gasteiger partial charge in [0.15, 0.2) is 5.60 Å². The van der Waals surface area contributed by atoms with Crippen LogP contribution in [-0.2, 0) is 5.60 Å². The Hall–Kier alpha value is -2.00. The van der Waals surface area contributed by atoms with Crippen molar-refractivity contribution >= 4 is 21.6 Å². The van der Waals surface area contributed by atoms with Gasteiger partial charge in [-0.15, -0.1) is 0 Å². The van der Waals surface area contributed by atoms with Crippen LogP contribution in [0.2, 0.25) is 0 Å². The highest BCUT2D eigenvalue weighted by Crippen LogP contribution is 2.38. The summed E-state index contributed by atoms with van der Waals surface area (Å²) in [6.07, 6.45) is 0.859. The van der Waals surface area contributed by atoms with Crippen LogP contribution in [0.15, 0.2) is 41.5 Å². The van der Waals surface area contributed by atoms with Crippen LogP contribution >= 0.6 is 15.9 Å². The van der Waals surface area contributed by atoms with Crippen LogP contribution in [0.25, 0.3) is 17.0 Å². The molecule has 1 N–H and O–H groups in total. The first-order chi connectivity index (χ1) is 10.7. The molecule has 120 valence electrons. The molecule has 1 unspecified atom stereocenters. The molecule has 3 aromatic rings. The lowest BCUT2D eigenvalue weighted by molar-refractivity contribution is -0.259. The van der Waals surface area contributed by atoms with Gasteiger partial charge in [0.05, 0.1) is 24.3 Å². The number of aliphatic hydroxyl groups is 1. The number of rotatable bonds is 2. The molecule has 0 saturated carbocycles. The van der Waals surface area contributed by atoms with E-state index in [0.717, 1.165) is 0 Å². The number of aromatic nitrogens is 4. The molecule has 0 saturated heterocycles. The second kappa shape index (κ2) is 5.27. The van der Waals surface area contributed by atoms with Crippen molar-refractivity contribution in [2.45, 2.75) is 18.7 Å². The predicted octanol–water partition coefficient (Wildman–Crippen LogP) is 3.32. The first-order valence-corrected chi connectivity index (χ1v) is 7.24. The highest BCUT2D eigenvalue weighted by molar-refractivity contribution is 9.10. The van der Waals surface area contributed by atoms with Gasteiger partial charge in [-0.05, 0) is 28.9 Å². The maximum absolute atomic E-state index is 13.0. The summed E-state index contributed by atoms with van der Waals surface area (Å²) in [5.74, 6) is 0. The van der Waals surface area contributed by atoms with E-state index in [1.54, 1.807) is 0 Å². The molecule has 3 aromatic heterocycles. The molecule has 0 aliphatic carbocycles. The second-order valence-corrected chi connectivity index (χ2v) is 5.90. The van der Waals surface area contributed by atoms with Crippen molar-refractivity contribution in [2.75, 3.05) is 0 Å². The number of fused-ring (bicyclic) bond motifs is 1. The largest absolute Gasteiger partial charge is 0.421 e. The number of alkyl halides is 3. The maximum Gasteiger partial charge on any atom is 0.421 e. The van der Waals surface area contributed by atoms with E-state index in [4.69, 9.17) is 0 Å². The van der Waals surface area contributed by atoms with Crippen LogP contribution < -0.4 is 0 Å². The van der Waals surface area contributed by atoms with E-state index < -0.39 is 11.8 Å². The second-order valence-electron chi connectivity index (χ2n) is 5.09. The maximum atomic E-state index is 13.0. The Bertz CT molecular complexity index is 876. The van der Waals surface area contributed by atoms with Crippen molar-refractivity contribution in [3.63, 3.8) is 0 Å². The van der Waals surface area contributed by atoms with Crippen molar-refractivity contribution in [1.29, 1.82) is 0 Å². The third-order valence-electron chi connectivity index (χ3n) is 3.49. The van der Waals surface area contributed by atoms with E-state index >= 15 is 0 Å². The minimum Gasteiger partial charge on any atom is -0.376 e. The Morgan fingerprint density at radius 2 is 1.91 bits per heavy atom. The highest BCUT2D eigenvalue weighted by atomic mass is 79.9. The molecule has 3 rings (SSSR count). The predicted molar refractivity (Wildman–Crippen MR) is 79.5 cm³/mol. The van der Waals surface area contributed by atoms with Crippen molar-refractivity contribution in [2.24, 2.45) is 0 Å². The fourth-order valence-electron chi connectivity index (χ4n) is 2.09. The van der Waals surface area contributed by atoms with Gasteiger partial charge in [-0.25, -0.2) is 9.97 Å². The summed E-state index contributed by atoms with van der Waals surface area (Å²) in [4.78, 5) is 12.3. The van der Waals surface area contributed by atoms with E-state index in [9.17, 15) is 18.3 Å². The lowest BCUT2D eigenvalue weighted by Crippen LogP contribution is -2.39. The van der Waals surface area contributed by atoms with Gasteiger partial charge < -0.3 is 5.11 Å². The minimum absolute atomic E-state index is 0.292. The zero-order chi connectivity index (χ0) is 16.8. The molecule has 23 heavy (non-hydrogen) atoms. The van der Waals surface area contributed by atoms with E-state index in [1.807, 2.05) is 0 Å². The summed E-state index contributed by atoms with van der Waals surface area (Å²) in [5.41, 5.74) is -1.92. The number of halogens is 4. The fourth-order valence-corrected chi connectivity index (χ4v) is 2.40. The number of hydrogen-bond acceptors (Lipinski definition) is 4. The third kappa shape index (κ3) is 2.70. The molecule has 0 aromatic carbocycles.